The highest BCUT2D eigenvalue weighted by molar-refractivity contribution is 9.10. The third-order valence-corrected chi connectivity index (χ3v) is 3.03. The van der Waals surface area contributed by atoms with Gasteiger partial charge in [-0.15, -0.1) is 0 Å². The maximum Gasteiger partial charge on any atom is 0.124 e. The molecule has 102 valence electrons. The zero-order valence-corrected chi connectivity index (χ0v) is 12.0. The summed E-state index contributed by atoms with van der Waals surface area (Å²) in [7, 11) is 0. The second-order valence-corrected chi connectivity index (χ2v) is 4.87. The smallest absolute Gasteiger partial charge is 0.124 e. The van der Waals surface area contributed by atoms with Crippen LogP contribution in [0.3, 0.4) is 0 Å². The maximum atomic E-state index is 13.3. The molecule has 2 N–H and O–H groups in total. The van der Waals surface area contributed by atoms with Gasteiger partial charge >= 0.3 is 0 Å². The Hall–Kier alpha value is -0.490. The lowest BCUT2D eigenvalue weighted by atomic mass is 10.0. The summed E-state index contributed by atoms with van der Waals surface area (Å²) in [6.45, 7) is 3.64. The highest BCUT2D eigenvalue weighted by Gasteiger charge is 2.10. The number of nitrogens with one attached hydrogen (secondary N) is 1. The number of rotatable bonds is 8. The lowest BCUT2D eigenvalue weighted by molar-refractivity contribution is 0.0925. The first-order chi connectivity index (χ1) is 8.67. The predicted octanol–water partition coefficient (Wildman–Crippen LogP) is 2.64. The van der Waals surface area contributed by atoms with Crippen molar-refractivity contribution in [2.75, 3.05) is 26.4 Å². The van der Waals surface area contributed by atoms with E-state index in [1.165, 1.54) is 6.07 Å². The zero-order valence-electron chi connectivity index (χ0n) is 10.5. The van der Waals surface area contributed by atoms with Crippen LogP contribution in [0.1, 0.15) is 24.9 Å². The number of aliphatic hydroxyl groups excluding tert-OH is 1. The first kappa shape index (κ1) is 15.6. The molecule has 0 amide bonds. The van der Waals surface area contributed by atoms with Gasteiger partial charge in [-0.05, 0) is 30.2 Å². The predicted molar refractivity (Wildman–Crippen MR) is 73.0 cm³/mol. The van der Waals surface area contributed by atoms with Gasteiger partial charge in [0.15, 0.2) is 0 Å². The summed E-state index contributed by atoms with van der Waals surface area (Å²) < 4.78 is 19.2. The molecule has 0 bridgehead atoms. The molecular formula is C13H19BrFNO2. The minimum absolute atomic E-state index is 0.0358. The number of ether oxygens (including phenoxy) is 1. The van der Waals surface area contributed by atoms with Crippen LogP contribution in [-0.4, -0.2) is 31.5 Å². The van der Waals surface area contributed by atoms with E-state index in [0.717, 1.165) is 16.5 Å². The molecule has 0 saturated heterocycles. The average Bonchev–Trinajstić information content (AvgIpc) is 2.32. The van der Waals surface area contributed by atoms with Gasteiger partial charge < -0.3 is 15.2 Å². The first-order valence-electron chi connectivity index (χ1n) is 6.05. The largest absolute Gasteiger partial charge is 0.394 e. The molecule has 5 heteroatoms. The first-order valence-corrected chi connectivity index (χ1v) is 6.84. The molecule has 3 nitrogen and oxygen atoms in total. The Labute approximate surface area is 115 Å². The van der Waals surface area contributed by atoms with Crippen LogP contribution in [0.2, 0.25) is 0 Å². The monoisotopic (exact) mass is 319 g/mol. The molecule has 0 heterocycles. The normalized spacial score (nSPS) is 12.7. The van der Waals surface area contributed by atoms with Gasteiger partial charge in [0.2, 0.25) is 0 Å². The summed E-state index contributed by atoms with van der Waals surface area (Å²) in [6, 6.07) is 5.01. The summed E-state index contributed by atoms with van der Waals surface area (Å²) >= 11 is 3.29. The fourth-order valence-electron chi connectivity index (χ4n) is 1.75. The summed E-state index contributed by atoms with van der Waals surface area (Å²) in [5.41, 5.74) is 0.923. The van der Waals surface area contributed by atoms with Crippen molar-refractivity contribution in [3.05, 3.63) is 34.1 Å². The van der Waals surface area contributed by atoms with Crippen LogP contribution >= 0.6 is 15.9 Å². The number of aliphatic hydroxyl groups is 1. The molecule has 0 saturated carbocycles. The van der Waals surface area contributed by atoms with Crippen molar-refractivity contribution in [1.29, 1.82) is 0 Å². The summed E-state index contributed by atoms with van der Waals surface area (Å²) in [5.74, 6) is -0.240. The van der Waals surface area contributed by atoms with E-state index in [0.29, 0.717) is 19.8 Å². The molecule has 1 aromatic rings. The van der Waals surface area contributed by atoms with Crippen LogP contribution in [-0.2, 0) is 4.74 Å². The molecule has 1 unspecified atom stereocenters. The molecule has 0 spiro atoms. The lowest BCUT2D eigenvalue weighted by Crippen LogP contribution is -2.25. The Morgan fingerprint density at radius 3 is 2.78 bits per heavy atom. The Morgan fingerprint density at radius 2 is 2.17 bits per heavy atom. The van der Waals surface area contributed by atoms with Crippen LogP contribution in [0.15, 0.2) is 22.7 Å². The number of hydrogen-bond acceptors (Lipinski definition) is 3. The Kier molecular flexibility index (Phi) is 7.42. The number of halogens is 2. The highest BCUT2D eigenvalue weighted by Crippen LogP contribution is 2.22. The molecule has 0 aromatic heterocycles. The van der Waals surface area contributed by atoms with Gasteiger partial charge in [-0.2, -0.15) is 0 Å². The molecule has 0 aliphatic rings. The fourth-order valence-corrected chi connectivity index (χ4v) is 2.23. The quantitative estimate of drug-likeness (QED) is 0.724. The second-order valence-electron chi connectivity index (χ2n) is 3.95. The molecule has 1 rings (SSSR count). The number of hydrogen-bond donors (Lipinski definition) is 2. The minimum atomic E-state index is -0.240. The zero-order chi connectivity index (χ0) is 13.4. The average molecular weight is 320 g/mol. The van der Waals surface area contributed by atoms with Crippen LogP contribution < -0.4 is 5.32 Å². The van der Waals surface area contributed by atoms with Crippen LogP contribution in [0.4, 0.5) is 4.39 Å². The van der Waals surface area contributed by atoms with Gasteiger partial charge in [-0.3, -0.25) is 0 Å². The standard InChI is InChI=1S/C13H19BrFNO2/c1-2-13(16-3-5-18-6-4-17)10-7-11(14)9-12(15)8-10/h7-9,13,16-17H,2-6H2,1H3. The second kappa shape index (κ2) is 8.58. The highest BCUT2D eigenvalue weighted by atomic mass is 79.9. The van der Waals surface area contributed by atoms with E-state index in [4.69, 9.17) is 9.84 Å². The lowest BCUT2D eigenvalue weighted by Gasteiger charge is -2.18. The maximum absolute atomic E-state index is 13.3. The van der Waals surface area contributed by atoms with Gasteiger partial charge in [0.25, 0.3) is 0 Å². The van der Waals surface area contributed by atoms with E-state index in [-0.39, 0.29) is 18.5 Å². The molecular weight excluding hydrogens is 301 g/mol. The number of benzene rings is 1. The summed E-state index contributed by atoms with van der Waals surface area (Å²) in [5, 5.41) is 11.9. The van der Waals surface area contributed by atoms with Crippen molar-refractivity contribution in [3.63, 3.8) is 0 Å². The molecule has 0 aliphatic carbocycles. The van der Waals surface area contributed by atoms with Gasteiger partial charge in [-0.25, -0.2) is 4.39 Å². The van der Waals surface area contributed by atoms with E-state index < -0.39 is 0 Å². The van der Waals surface area contributed by atoms with E-state index in [1.54, 1.807) is 6.07 Å². The Morgan fingerprint density at radius 1 is 1.39 bits per heavy atom. The minimum Gasteiger partial charge on any atom is -0.394 e. The van der Waals surface area contributed by atoms with Crippen molar-refractivity contribution < 1.29 is 14.2 Å². The van der Waals surface area contributed by atoms with E-state index in [2.05, 4.69) is 21.2 Å². The van der Waals surface area contributed by atoms with Gasteiger partial charge in [-0.1, -0.05) is 22.9 Å². The van der Waals surface area contributed by atoms with Gasteiger partial charge in [0, 0.05) is 17.1 Å². The van der Waals surface area contributed by atoms with Crippen molar-refractivity contribution in [3.8, 4) is 0 Å². The summed E-state index contributed by atoms with van der Waals surface area (Å²) in [6.07, 6.45) is 0.871. The SMILES string of the molecule is CCC(NCCOCCO)c1cc(F)cc(Br)c1. The third kappa shape index (κ3) is 5.44. The Bertz CT molecular complexity index is 343. The van der Waals surface area contributed by atoms with Crippen LogP contribution in [0, 0.1) is 5.82 Å². The summed E-state index contributed by atoms with van der Waals surface area (Å²) in [4.78, 5) is 0. The fraction of sp³-hybridized carbons (Fsp3) is 0.538. The molecule has 0 aliphatic heterocycles. The molecule has 0 radical (unpaired) electrons. The van der Waals surface area contributed by atoms with Crippen molar-refractivity contribution >= 4 is 15.9 Å². The molecule has 0 fully saturated rings. The van der Waals surface area contributed by atoms with Gasteiger partial charge in [0.1, 0.15) is 5.82 Å². The van der Waals surface area contributed by atoms with Crippen molar-refractivity contribution in [2.45, 2.75) is 19.4 Å². The van der Waals surface area contributed by atoms with Crippen molar-refractivity contribution in [2.24, 2.45) is 0 Å². The Balaban J connectivity index is 2.49. The third-order valence-electron chi connectivity index (χ3n) is 2.57. The molecule has 1 aromatic carbocycles. The van der Waals surface area contributed by atoms with E-state index in [9.17, 15) is 4.39 Å². The molecule has 1 atom stereocenters. The van der Waals surface area contributed by atoms with E-state index in [1.807, 2.05) is 13.0 Å². The van der Waals surface area contributed by atoms with Gasteiger partial charge in [0.05, 0.1) is 19.8 Å². The molecule has 18 heavy (non-hydrogen) atoms. The van der Waals surface area contributed by atoms with E-state index >= 15 is 0 Å². The van der Waals surface area contributed by atoms with Crippen molar-refractivity contribution in [1.82, 2.24) is 5.32 Å². The van der Waals surface area contributed by atoms with Crippen LogP contribution in [0.25, 0.3) is 0 Å². The van der Waals surface area contributed by atoms with Crippen LogP contribution in [0.5, 0.6) is 0 Å². The topological polar surface area (TPSA) is 41.5 Å².